The van der Waals surface area contributed by atoms with Gasteiger partial charge in [0.05, 0.1) is 11.3 Å². The zero-order valence-electron chi connectivity index (χ0n) is 17.9. The SMILES string of the molecule is COC(C)(C)C(=O)N1CCC(Cc2nn(C)cc2C(=O)Nc2ccc(F)cc2)CC1. The molecule has 0 aliphatic carbocycles. The van der Waals surface area contributed by atoms with Gasteiger partial charge < -0.3 is 15.0 Å². The van der Waals surface area contributed by atoms with Gasteiger partial charge in [-0.25, -0.2) is 4.39 Å². The number of halogens is 1. The summed E-state index contributed by atoms with van der Waals surface area (Å²) >= 11 is 0. The Bertz CT molecular complexity index is 900. The number of rotatable bonds is 6. The summed E-state index contributed by atoms with van der Waals surface area (Å²) in [5, 5.41) is 7.28. The molecule has 1 saturated heterocycles. The van der Waals surface area contributed by atoms with Crippen LogP contribution in [0, 0.1) is 11.7 Å². The van der Waals surface area contributed by atoms with E-state index in [-0.39, 0.29) is 17.6 Å². The number of nitrogens with one attached hydrogen (secondary N) is 1. The van der Waals surface area contributed by atoms with Gasteiger partial charge in [0, 0.05) is 39.1 Å². The van der Waals surface area contributed by atoms with Gasteiger partial charge in [-0.05, 0) is 63.3 Å². The molecule has 3 rings (SSSR count). The number of amides is 2. The van der Waals surface area contributed by atoms with Crippen LogP contribution < -0.4 is 5.32 Å². The number of hydrogen-bond donors (Lipinski definition) is 1. The van der Waals surface area contributed by atoms with Crippen molar-refractivity contribution in [3.05, 3.63) is 47.5 Å². The van der Waals surface area contributed by atoms with Crippen LogP contribution in [0.15, 0.2) is 30.5 Å². The van der Waals surface area contributed by atoms with Crippen LogP contribution in [0.4, 0.5) is 10.1 Å². The van der Waals surface area contributed by atoms with Crippen LogP contribution in [-0.2, 0) is 23.0 Å². The Balaban J connectivity index is 1.62. The third-order valence-corrected chi connectivity index (χ3v) is 5.66. The first-order chi connectivity index (χ1) is 14.2. The topological polar surface area (TPSA) is 76.5 Å². The molecule has 30 heavy (non-hydrogen) atoms. The van der Waals surface area contributed by atoms with Crippen molar-refractivity contribution in [2.75, 3.05) is 25.5 Å². The highest BCUT2D eigenvalue weighted by Gasteiger charge is 2.34. The van der Waals surface area contributed by atoms with E-state index in [4.69, 9.17) is 4.74 Å². The summed E-state index contributed by atoms with van der Waals surface area (Å²) in [5.41, 5.74) is 0.961. The lowest BCUT2D eigenvalue weighted by Gasteiger charge is -2.36. The van der Waals surface area contributed by atoms with Crippen LogP contribution >= 0.6 is 0 Å². The fourth-order valence-corrected chi connectivity index (χ4v) is 3.69. The molecule has 162 valence electrons. The van der Waals surface area contributed by atoms with Crippen LogP contribution in [0.3, 0.4) is 0 Å². The molecule has 0 saturated carbocycles. The number of anilines is 1. The molecule has 1 aliphatic rings. The summed E-state index contributed by atoms with van der Waals surface area (Å²) in [5.74, 6) is -0.277. The minimum atomic E-state index is -0.820. The quantitative estimate of drug-likeness (QED) is 0.785. The van der Waals surface area contributed by atoms with Crippen molar-refractivity contribution < 1.29 is 18.7 Å². The molecule has 1 N–H and O–H groups in total. The monoisotopic (exact) mass is 416 g/mol. The van der Waals surface area contributed by atoms with Gasteiger partial charge in [-0.2, -0.15) is 5.10 Å². The van der Waals surface area contributed by atoms with Gasteiger partial charge in [-0.1, -0.05) is 0 Å². The summed E-state index contributed by atoms with van der Waals surface area (Å²) in [6.45, 7) is 4.89. The van der Waals surface area contributed by atoms with Crippen LogP contribution in [0.5, 0.6) is 0 Å². The fourth-order valence-electron chi connectivity index (χ4n) is 3.69. The van der Waals surface area contributed by atoms with Crippen LogP contribution in [-0.4, -0.2) is 52.3 Å². The lowest BCUT2D eigenvalue weighted by atomic mass is 9.90. The Morgan fingerprint density at radius 3 is 2.47 bits per heavy atom. The minimum absolute atomic E-state index is 0.000603. The molecule has 0 atom stereocenters. The van der Waals surface area contributed by atoms with Crippen molar-refractivity contribution in [3.8, 4) is 0 Å². The van der Waals surface area contributed by atoms with Crippen molar-refractivity contribution in [2.45, 2.75) is 38.7 Å². The molecule has 2 aromatic rings. The Labute approximate surface area is 176 Å². The second-order valence-electron chi connectivity index (χ2n) is 8.28. The van der Waals surface area contributed by atoms with Crippen LogP contribution in [0.1, 0.15) is 42.7 Å². The van der Waals surface area contributed by atoms with E-state index in [1.54, 1.807) is 38.9 Å². The van der Waals surface area contributed by atoms with Crippen LogP contribution in [0.2, 0.25) is 0 Å². The first kappa shape index (κ1) is 22.0. The van der Waals surface area contributed by atoms with E-state index < -0.39 is 5.60 Å². The lowest BCUT2D eigenvalue weighted by molar-refractivity contribution is -0.152. The van der Waals surface area contributed by atoms with Gasteiger partial charge in [-0.3, -0.25) is 14.3 Å². The maximum atomic E-state index is 13.1. The average molecular weight is 416 g/mol. The standard InChI is InChI=1S/C22H29FN4O3/c1-22(2,30-4)21(29)27-11-9-15(10-12-27)13-19-18(14-26(3)25-19)20(28)24-17-7-5-16(23)6-8-17/h5-8,14-15H,9-13H2,1-4H3,(H,24,28). The zero-order chi connectivity index (χ0) is 21.9. The molecule has 0 radical (unpaired) electrons. The van der Waals surface area contributed by atoms with Crippen molar-refractivity contribution in [3.63, 3.8) is 0 Å². The predicted octanol–water partition coefficient (Wildman–Crippen LogP) is 3.02. The molecule has 8 heteroatoms. The highest BCUT2D eigenvalue weighted by Crippen LogP contribution is 2.25. The van der Waals surface area contributed by atoms with Gasteiger partial charge in [0.25, 0.3) is 11.8 Å². The number of methoxy groups -OCH3 is 1. The molecule has 0 unspecified atom stereocenters. The smallest absolute Gasteiger partial charge is 0.259 e. The molecule has 0 spiro atoms. The predicted molar refractivity (Wildman–Crippen MR) is 112 cm³/mol. The minimum Gasteiger partial charge on any atom is -0.369 e. The van der Waals surface area contributed by atoms with Crippen molar-refractivity contribution in [1.82, 2.24) is 14.7 Å². The number of aryl methyl sites for hydroxylation is 1. The first-order valence-electron chi connectivity index (χ1n) is 10.1. The van der Waals surface area contributed by atoms with Crippen LogP contribution in [0.25, 0.3) is 0 Å². The third-order valence-electron chi connectivity index (χ3n) is 5.66. The molecular weight excluding hydrogens is 387 g/mol. The normalized spacial score (nSPS) is 15.3. The highest BCUT2D eigenvalue weighted by molar-refractivity contribution is 6.04. The molecule has 7 nitrogen and oxygen atoms in total. The number of piperidine rings is 1. The molecule has 2 amide bonds. The first-order valence-corrected chi connectivity index (χ1v) is 10.1. The van der Waals surface area contributed by atoms with Gasteiger partial charge in [0.1, 0.15) is 11.4 Å². The summed E-state index contributed by atoms with van der Waals surface area (Å²) in [6, 6.07) is 5.66. The zero-order valence-corrected chi connectivity index (χ0v) is 17.9. The Kier molecular flexibility index (Phi) is 6.55. The second-order valence-corrected chi connectivity index (χ2v) is 8.28. The van der Waals surface area contributed by atoms with E-state index in [2.05, 4.69) is 10.4 Å². The van der Waals surface area contributed by atoms with Gasteiger partial charge >= 0.3 is 0 Å². The van der Waals surface area contributed by atoms with E-state index in [0.717, 1.165) is 18.5 Å². The van der Waals surface area contributed by atoms with Crippen molar-refractivity contribution in [1.29, 1.82) is 0 Å². The largest absolute Gasteiger partial charge is 0.369 e. The second kappa shape index (κ2) is 8.95. The molecule has 2 heterocycles. The van der Waals surface area contributed by atoms with E-state index >= 15 is 0 Å². The number of benzene rings is 1. The molecule has 1 aliphatic heterocycles. The number of nitrogens with zero attached hydrogens (tertiary/aromatic N) is 3. The fraction of sp³-hybridized carbons (Fsp3) is 0.500. The van der Waals surface area contributed by atoms with Gasteiger partial charge in [0.15, 0.2) is 0 Å². The lowest BCUT2D eigenvalue weighted by Crippen LogP contribution is -2.49. The maximum Gasteiger partial charge on any atom is 0.259 e. The van der Waals surface area contributed by atoms with Gasteiger partial charge in [-0.15, -0.1) is 0 Å². The Morgan fingerprint density at radius 1 is 1.23 bits per heavy atom. The Hall–Kier alpha value is -2.74. The number of ether oxygens (including phenoxy) is 1. The molecule has 1 aromatic carbocycles. The van der Waals surface area contributed by atoms with Crippen molar-refractivity contribution in [2.24, 2.45) is 13.0 Å². The summed E-state index contributed by atoms with van der Waals surface area (Å²) in [7, 11) is 3.33. The summed E-state index contributed by atoms with van der Waals surface area (Å²) in [4.78, 5) is 27.1. The van der Waals surface area contributed by atoms with E-state index in [0.29, 0.717) is 36.7 Å². The molecule has 1 fully saturated rings. The molecule has 0 bridgehead atoms. The average Bonchev–Trinajstić information content (AvgIpc) is 3.10. The number of carbonyl (C=O) groups is 2. The molecular formula is C22H29FN4O3. The molecule has 1 aromatic heterocycles. The maximum absolute atomic E-state index is 13.1. The van der Waals surface area contributed by atoms with Gasteiger partial charge in [0.2, 0.25) is 0 Å². The van der Waals surface area contributed by atoms with E-state index in [1.165, 1.54) is 24.3 Å². The summed E-state index contributed by atoms with van der Waals surface area (Å²) < 4.78 is 20.0. The van der Waals surface area contributed by atoms with E-state index in [9.17, 15) is 14.0 Å². The number of carbonyl (C=O) groups excluding carboxylic acids is 2. The Morgan fingerprint density at radius 2 is 1.87 bits per heavy atom. The number of hydrogen-bond acceptors (Lipinski definition) is 4. The number of likely N-dealkylation sites (tertiary alicyclic amines) is 1. The third kappa shape index (κ3) is 5.05. The summed E-state index contributed by atoms with van der Waals surface area (Å²) in [6.07, 6.45) is 4.07. The van der Waals surface area contributed by atoms with E-state index in [1.807, 2.05) is 4.90 Å². The number of aromatic nitrogens is 2. The highest BCUT2D eigenvalue weighted by atomic mass is 19.1. The van der Waals surface area contributed by atoms with Crippen molar-refractivity contribution >= 4 is 17.5 Å².